The molecule has 0 spiro atoms. The first kappa shape index (κ1) is 24.0. The highest BCUT2D eigenvalue weighted by atomic mass is 16.2. The Kier molecular flexibility index (Phi) is 7.99. The van der Waals surface area contributed by atoms with Crippen molar-refractivity contribution in [2.45, 2.75) is 51.5 Å². The summed E-state index contributed by atoms with van der Waals surface area (Å²) in [6.45, 7) is 4.72. The van der Waals surface area contributed by atoms with Crippen LogP contribution in [0, 0.1) is 12.8 Å². The van der Waals surface area contributed by atoms with Gasteiger partial charge >= 0.3 is 0 Å². The fourth-order valence-corrected chi connectivity index (χ4v) is 5.06. The van der Waals surface area contributed by atoms with Crippen LogP contribution in [0.2, 0.25) is 0 Å². The molecule has 0 saturated carbocycles. The fourth-order valence-electron chi connectivity index (χ4n) is 5.06. The van der Waals surface area contributed by atoms with Gasteiger partial charge in [0.25, 0.3) is 5.91 Å². The molecule has 0 bridgehead atoms. The number of aryl methyl sites for hydroxylation is 2. The van der Waals surface area contributed by atoms with Crippen LogP contribution in [0.4, 0.5) is 0 Å². The van der Waals surface area contributed by atoms with E-state index in [9.17, 15) is 14.4 Å². The number of hydrogen-bond acceptors (Lipinski definition) is 3. The second-order valence-corrected chi connectivity index (χ2v) is 9.56. The van der Waals surface area contributed by atoms with Crippen LogP contribution in [0.1, 0.15) is 53.6 Å². The van der Waals surface area contributed by atoms with Gasteiger partial charge in [-0.1, -0.05) is 48.0 Å². The predicted octanol–water partition coefficient (Wildman–Crippen LogP) is 3.59. The van der Waals surface area contributed by atoms with Gasteiger partial charge in [0, 0.05) is 38.2 Å². The van der Waals surface area contributed by atoms with Gasteiger partial charge in [0.15, 0.2) is 0 Å². The van der Waals surface area contributed by atoms with Crippen molar-refractivity contribution in [2.24, 2.45) is 5.92 Å². The van der Waals surface area contributed by atoms with Gasteiger partial charge in [-0.25, -0.2) is 0 Å². The van der Waals surface area contributed by atoms with Gasteiger partial charge in [0.2, 0.25) is 11.8 Å². The number of carbonyl (C=O) groups excluding carboxylic acids is 3. The molecule has 34 heavy (non-hydrogen) atoms. The van der Waals surface area contributed by atoms with Crippen molar-refractivity contribution in [3.8, 4) is 0 Å². The largest absolute Gasteiger partial charge is 0.343 e. The van der Waals surface area contributed by atoms with E-state index >= 15 is 0 Å². The molecule has 2 aliphatic rings. The smallest absolute Gasteiger partial charge is 0.251 e. The Labute approximate surface area is 202 Å². The maximum atomic E-state index is 13.4. The highest BCUT2D eigenvalue weighted by Gasteiger charge is 2.36. The SMILES string of the molecule is Cc1cccc(C(=O)N[C@@H](C(=O)N2CCCC2)C2CCN(C(=O)CCc3ccccc3)CC2)c1. The number of hydrogen-bond donors (Lipinski definition) is 1. The molecule has 0 aromatic heterocycles. The summed E-state index contributed by atoms with van der Waals surface area (Å²) in [6.07, 6.45) is 4.69. The lowest BCUT2D eigenvalue weighted by molar-refractivity contribution is -0.135. The molecular formula is C28H35N3O3. The third kappa shape index (κ3) is 6.04. The Morgan fingerprint density at radius 2 is 1.62 bits per heavy atom. The van der Waals surface area contributed by atoms with Crippen molar-refractivity contribution in [1.82, 2.24) is 15.1 Å². The first-order chi connectivity index (χ1) is 16.5. The number of benzene rings is 2. The van der Waals surface area contributed by atoms with Gasteiger partial charge in [-0.05, 0) is 62.6 Å². The van der Waals surface area contributed by atoms with Crippen molar-refractivity contribution in [1.29, 1.82) is 0 Å². The Bertz CT molecular complexity index is 993. The van der Waals surface area contributed by atoms with Crippen molar-refractivity contribution in [3.63, 3.8) is 0 Å². The summed E-state index contributed by atoms with van der Waals surface area (Å²) >= 11 is 0. The number of piperidine rings is 1. The van der Waals surface area contributed by atoms with Gasteiger partial charge in [0.05, 0.1) is 0 Å². The van der Waals surface area contributed by atoms with E-state index in [0.29, 0.717) is 25.1 Å². The Morgan fingerprint density at radius 1 is 0.912 bits per heavy atom. The maximum Gasteiger partial charge on any atom is 0.251 e. The van der Waals surface area contributed by atoms with E-state index < -0.39 is 6.04 Å². The summed E-state index contributed by atoms with van der Waals surface area (Å²) in [5.74, 6) is 0.00326. The van der Waals surface area contributed by atoms with Gasteiger partial charge in [-0.15, -0.1) is 0 Å². The summed E-state index contributed by atoms with van der Waals surface area (Å²) in [4.78, 5) is 43.0. The van der Waals surface area contributed by atoms with E-state index in [4.69, 9.17) is 0 Å². The molecule has 2 aromatic carbocycles. The highest BCUT2D eigenvalue weighted by Crippen LogP contribution is 2.25. The molecule has 0 aliphatic carbocycles. The van der Waals surface area contributed by atoms with Gasteiger partial charge in [-0.2, -0.15) is 0 Å². The van der Waals surface area contributed by atoms with E-state index in [2.05, 4.69) is 5.32 Å². The van der Waals surface area contributed by atoms with Crippen LogP contribution in [0.25, 0.3) is 0 Å². The molecular weight excluding hydrogens is 426 g/mol. The molecule has 4 rings (SSSR count). The lowest BCUT2D eigenvalue weighted by Crippen LogP contribution is -2.54. The average Bonchev–Trinajstić information content (AvgIpc) is 3.41. The summed E-state index contributed by atoms with van der Waals surface area (Å²) in [7, 11) is 0. The first-order valence-corrected chi connectivity index (χ1v) is 12.5. The normalized spacial score (nSPS) is 17.4. The summed E-state index contributed by atoms with van der Waals surface area (Å²) in [6, 6.07) is 17.0. The standard InChI is InChI=1S/C28H35N3O3/c1-21-8-7-11-24(20-21)27(33)29-26(28(34)31-16-5-6-17-31)23-14-18-30(19-15-23)25(32)13-12-22-9-3-2-4-10-22/h2-4,7-11,20,23,26H,5-6,12-19H2,1H3,(H,29,33)/t26-/m1/s1. The lowest BCUT2D eigenvalue weighted by Gasteiger charge is -2.37. The molecule has 2 heterocycles. The van der Waals surface area contributed by atoms with E-state index in [1.807, 2.05) is 65.3 Å². The Hall–Kier alpha value is -3.15. The maximum absolute atomic E-state index is 13.4. The number of nitrogens with zero attached hydrogens (tertiary/aromatic N) is 2. The zero-order valence-electron chi connectivity index (χ0n) is 20.0. The molecule has 2 aliphatic heterocycles. The van der Waals surface area contributed by atoms with Crippen LogP contribution in [0.15, 0.2) is 54.6 Å². The zero-order chi connectivity index (χ0) is 23.9. The van der Waals surface area contributed by atoms with Gasteiger partial charge in [-0.3, -0.25) is 14.4 Å². The van der Waals surface area contributed by atoms with Crippen molar-refractivity contribution >= 4 is 17.7 Å². The van der Waals surface area contributed by atoms with E-state index in [1.54, 1.807) is 6.07 Å². The quantitative estimate of drug-likeness (QED) is 0.685. The van der Waals surface area contributed by atoms with Crippen LogP contribution in [-0.2, 0) is 16.0 Å². The molecule has 3 amide bonds. The van der Waals surface area contributed by atoms with E-state index in [1.165, 1.54) is 5.56 Å². The van der Waals surface area contributed by atoms with Crippen LogP contribution in [-0.4, -0.2) is 59.7 Å². The number of nitrogens with one attached hydrogen (secondary N) is 1. The summed E-state index contributed by atoms with van der Waals surface area (Å²) in [5.41, 5.74) is 2.76. The van der Waals surface area contributed by atoms with Crippen molar-refractivity contribution in [3.05, 3.63) is 71.3 Å². The van der Waals surface area contributed by atoms with E-state index in [-0.39, 0.29) is 23.6 Å². The first-order valence-electron chi connectivity index (χ1n) is 12.5. The third-order valence-corrected chi connectivity index (χ3v) is 7.08. The molecule has 6 nitrogen and oxygen atoms in total. The molecule has 0 radical (unpaired) electrons. The minimum Gasteiger partial charge on any atom is -0.343 e. The molecule has 180 valence electrons. The van der Waals surface area contributed by atoms with Gasteiger partial charge < -0.3 is 15.1 Å². The Balaban J connectivity index is 1.38. The molecule has 2 fully saturated rings. The lowest BCUT2D eigenvalue weighted by atomic mass is 9.88. The topological polar surface area (TPSA) is 69.7 Å². The number of amides is 3. The minimum atomic E-state index is -0.548. The predicted molar refractivity (Wildman–Crippen MR) is 132 cm³/mol. The second kappa shape index (κ2) is 11.3. The average molecular weight is 462 g/mol. The third-order valence-electron chi connectivity index (χ3n) is 7.08. The molecule has 2 aromatic rings. The minimum absolute atomic E-state index is 0.0207. The summed E-state index contributed by atoms with van der Waals surface area (Å²) < 4.78 is 0. The number of likely N-dealkylation sites (tertiary alicyclic amines) is 2. The van der Waals surface area contributed by atoms with Crippen LogP contribution >= 0.6 is 0 Å². The molecule has 6 heteroatoms. The molecule has 1 N–H and O–H groups in total. The molecule has 0 unspecified atom stereocenters. The highest BCUT2D eigenvalue weighted by molar-refractivity contribution is 5.97. The van der Waals surface area contributed by atoms with Crippen LogP contribution in [0.5, 0.6) is 0 Å². The zero-order valence-corrected chi connectivity index (χ0v) is 20.0. The molecule has 1 atom stereocenters. The van der Waals surface area contributed by atoms with Crippen LogP contribution in [0.3, 0.4) is 0 Å². The number of carbonyl (C=O) groups is 3. The van der Waals surface area contributed by atoms with Crippen molar-refractivity contribution in [2.75, 3.05) is 26.2 Å². The van der Waals surface area contributed by atoms with E-state index in [0.717, 1.165) is 50.8 Å². The summed E-state index contributed by atoms with van der Waals surface area (Å²) in [5, 5.41) is 3.06. The Morgan fingerprint density at radius 3 is 2.29 bits per heavy atom. The van der Waals surface area contributed by atoms with Crippen LogP contribution < -0.4 is 5.32 Å². The monoisotopic (exact) mass is 461 g/mol. The second-order valence-electron chi connectivity index (χ2n) is 9.56. The van der Waals surface area contributed by atoms with Crippen molar-refractivity contribution < 1.29 is 14.4 Å². The molecule has 2 saturated heterocycles. The number of rotatable bonds is 7. The van der Waals surface area contributed by atoms with Gasteiger partial charge in [0.1, 0.15) is 6.04 Å². The fraction of sp³-hybridized carbons (Fsp3) is 0.464.